The largest absolute Gasteiger partial charge is 0.307 e. The van der Waals surface area contributed by atoms with Crippen LogP contribution in [0, 0.1) is 5.82 Å². The number of halogens is 2. The van der Waals surface area contributed by atoms with Crippen molar-refractivity contribution >= 4 is 27.7 Å². The van der Waals surface area contributed by atoms with Gasteiger partial charge in [0.2, 0.25) is 0 Å². The molecule has 0 aliphatic rings. The fraction of sp³-hybridized carbons (Fsp3) is 0.167. The van der Waals surface area contributed by atoms with E-state index in [1.54, 1.807) is 12.3 Å². The van der Waals surface area contributed by atoms with Crippen molar-refractivity contribution in [3.05, 3.63) is 45.8 Å². The predicted octanol–water partition coefficient (Wildman–Crippen LogP) is 3.13. The fourth-order valence-corrected chi connectivity index (χ4v) is 2.10. The van der Waals surface area contributed by atoms with Crippen molar-refractivity contribution in [3.8, 4) is 0 Å². The number of aryl methyl sites for hydroxylation is 1. The molecule has 94 valence electrons. The van der Waals surface area contributed by atoms with Crippen molar-refractivity contribution < 1.29 is 9.18 Å². The molecule has 1 amide bonds. The Labute approximate surface area is 112 Å². The Hall–Kier alpha value is -1.69. The Bertz CT molecular complexity index is 562. The third-order valence-corrected chi connectivity index (χ3v) is 3.19. The predicted molar refractivity (Wildman–Crippen MR) is 70.0 cm³/mol. The highest BCUT2D eigenvalue weighted by Gasteiger charge is 2.17. The number of benzene rings is 1. The highest BCUT2D eigenvalue weighted by Crippen LogP contribution is 2.21. The van der Waals surface area contributed by atoms with Crippen LogP contribution in [0.1, 0.15) is 22.8 Å². The summed E-state index contributed by atoms with van der Waals surface area (Å²) in [6.45, 7) is 1.94. The molecule has 2 aromatic rings. The van der Waals surface area contributed by atoms with Crippen molar-refractivity contribution in [3.63, 3.8) is 0 Å². The van der Waals surface area contributed by atoms with E-state index in [0.717, 1.165) is 12.0 Å². The summed E-state index contributed by atoms with van der Waals surface area (Å²) < 4.78 is 14.0. The molecule has 0 bridgehead atoms. The van der Waals surface area contributed by atoms with Gasteiger partial charge in [0, 0.05) is 10.0 Å². The number of carbonyl (C=O) groups is 1. The summed E-state index contributed by atoms with van der Waals surface area (Å²) in [6, 6.07) is 4.39. The van der Waals surface area contributed by atoms with Crippen molar-refractivity contribution in [2.45, 2.75) is 13.3 Å². The maximum Gasteiger partial charge on any atom is 0.260 e. The van der Waals surface area contributed by atoms with E-state index < -0.39 is 11.7 Å². The highest BCUT2D eigenvalue weighted by molar-refractivity contribution is 9.10. The Kier molecular flexibility index (Phi) is 3.76. The number of rotatable bonds is 3. The molecular weight excluding hydrogens is 301 g/mol. The Balaban J connectivity index is 2.28. The molecule has 0 saturated heterocycles. The zero-order valence-electron chi connectivity index (χ0n) is 9.63. The maximum absolute atomic E-state index is 13.6. The van der Waals surface area contributed by atoms with E-state index in [4.69, 9.17) is 0 Å². The maximum atomic E-state index is 13.6. The van der Waals surface area contributed by atoms with Crippen LogP contribution < -0.4 is 5.32 Å². The van der Waals surface area contributed by atoms with Gasteiger partial charge in [0.1, 0.15) is 11.6 Å². The second-order valence-corrected chi connectivity index (χ2v) is 4.53. The van der Waals surface area contributed by atoms with Gasteiger partial charge in [-0.2, -0.15) is 5.10 Å². The Morgan fingerprint density at radius 3 is 3.00 bits per heavy atom. The van der Waals surface area contributed by atoms with E-state index in [9.17, 15) is 9.18 Å². The van der Waals surface area contributed by atoms with Crippen LogP contribution in [-0.4, -0.2) is 16.1 Å². The summed E-state index contributed by atoms with van der Waals surface area (Å²) in [5, 5.41) is 9.13. The number of carbonyl (C=O) groups excluding carboxylic acids is 1. The van der Waals surface area contributed by atoms with Crippen LogP contribution in [0.15, 0.2) is 28.9 Å². The number of nitrogens with zero attached hydrogens (tertiary/aromatic N) is 1. The molecule has 6 heteroatoms. The first-order valence-electron chi connectivity index (χ1n) is 5.41. The highest BCUT2D eigenvalue weighted by atomic mass is 79.9. The van der Waals surface area contributed by atoms with Crippen LogP contribution in [-0.2, 0) is 6.42 Å². The van der Waals surface area contributed by atoms with Gasteiger partial charge in [0.25, 0.3) is 5.91 Å². The molecule has 1 heterocycles. The van der Waals surface area contributed by atoms with E-state index in [-0.39, 0.29) is 5.56 Å². The molecule has 2 rings (SSSR count). The molecule has 2 N–H and O–H groups in total. The van der Waals surface area contributed by atoms with E-state index in [1.807, 2.05) is 6.92 Å². The van der Waals surface area contributed by atoms with Crippen LogP contribution in [0.5, 0.6) is 0 Å². The molecule has 0 aliphatic heterocycles. The summed E-state index contributed by atoms with van der Waals surface area (Å²) in [7, 11) is 0. The number of anilines is 1. The van der Waals surface area contributed by atoms with Crippen LogP contribution >= 0.6 is 15.9 Å². The summed E-state index contributed by atoms with van der Waals surface area (Å²) in [6.07, 6.45) is 2.36. The lowest BCUT2D eigenvalue weighted by molar-refractivity contribution is 0.102. The number of hydrogen-bond acceptors (Lipinski definition) is 2. The normalized spacial score (nSPS) is 10.4. The molecule has 0 aliphatic carbocycles. The molecule has 0 fully saturated rings. The second kappa shape index (κ2) is 5.30. The molecule has 18 heavy (non-hydrogen) atoms. The lowest BCUT2D eigenvalue weighted by Gasteiger charge is -2.07. The van der Waals surface area contributed by atoms with E-state index >= 15 is 0 Å². The molecule has 0 atom stereocenters. The smallest absolute Gasteiger partial charge is 0.260 e. The monoisotopic (exact) mass is 311 g/mol. The van der Waals surface area contributed by atoms with Gasteiger partial charge in [0.15, 0.2) is 0 Å². The van der Waals surface area contributed by atoms with E-state index in [2.05, 4.69) is 31.4 Å². The minimum Gasteiger partial charge on any atom is -0.307 e. The topological polar surface area (TPSA) is 57.8 Å². The third-order valence-electron chi connectivity index (χ3n) is 2.53. The molecular formula is C12H11BrFN3O. The molecule has 0 saturated carbocycles. The summed E-state index contributed by atoms with van der Waals surface area (Å²) in [5.41, 5.74) is 0.852. The van der Waals surface area contributed by atoms with Gasteiger partial charge in [-0.3, -0.25) is 9.89 Å². The Morgan fingerprint density at radius 1 is 1.56 bits per heavy atom. The van der Waals surface area contributed by atoms with Crippen LogP contribution in [0.2, 0.25) is 0 Å². The van der Waals surface area contributed by atoms with Crippen molar-refractivity contribution in [2.75, 3.05) is 5.32 Å². The molecule has 0 spiro atoms. The zero-order chi connectivity index (χ0) is 13.1. The van der Waals surface area contributed by atoms with Crippen molar-refractivity contribution in [1.82, 2.24) is 10.2 Å². The first-order chi connectivity index (χ1) is 8.63. The van der Waals surface area contributed by atoms with Gasteiger partial charge >= 0.3 is 0 Å². The number of nitrogens with one attached hydrogen (secondary N) is 2. The van der Waals surface area contributed by atoms with Crippen LogP contribution in [0.4, 0.5) is 10.2 Å². The Morgan fingerprint density at radius 2 is 2.33 bits per heavy atom. The number of hydrogen-bond donors (Lipinski definition) is 2. The minimum absolute atomic E-state index is 0.0193. The molecule has 1 aromatic heterocycles. The number of amides is 1. The fourth-order valence-electron chi connectivity index (χ4n) is 1.58. The zero-order valence-corrected chi connectivity index (χ0v) is 11.2. The van der Waals surface area contributed by atoms with E-state index in [0.29, 0.717) is 10.3 Å². The molecule has 0 radical (unpaired) electrons. The molecule has 4 nitrogen and oxygen atoms in total. The summed E-state index contributed by atoms with van der Waals surface area (Å²) in [4.78, 5) is 12.0. The first-order valence-corrected chi connectivity index (χ1v) is 6.20. The second-order valence-electron chi connectivity index (χ2n) is 3.67. The molecule has 1 aromatic carbocycles. The number of H-pyrrole nitrogens is 1. The van der Waals surface area contributed by atoms with Gasteiger partial charge in [-0.1, -0.05) is 13.0 Å². The number of aromatic nitrogens is 2. The SMILES string of the molecule is CCc1cn[nH]c1NC(=O)c1c(F)cccc1Br. The lowest BCUT2D eigenvalue weighted by Crippen LogP contribution is -2.15. The summed E-state index contributed by atoms with van der Waals surface area (Å²) >= 11 is 3.16. The quantitative estimate of drug-likeness (QED) is 0.915. The standard InChI is InChI=1S/C12H11BrFN3O/c1-2-7-6-15-17-11(7)16-12(18)10-8(13)4-3-5-9(10)14/h3-6H,2H2,1H3,(H2,15,16,17,18). The van der Waals surface area contributed by atoms with Crippen molar-refractivity contribution in [2.24, 2.45) is 0 Å². The van der Waals surface area contributed by atoms with Gasteiger partial charge in [-0.15, -0.1) is 0 Å². The van der Waals surface area contributed by atoms with Crippen molar-refractivity contribution in [1.29, 1.82) is 0 Å². The van der Waals surface area contributed by atoms with Crippen LogP contribution in [0.25, 0.3) is 0 Å². The third kappa shape index (κ3) is 2.43. The molecule has 0 unspecified atom stereocenters. The van der Waals surface area contributed by atoms with Gasteiger partial charge < -0.3 is 5.32 Å². The van der Waals surface area contributed by atoms with Gasteiger partial charge in [-0.25, -0.2) is 4.39 Å². The van der Waals surface area contributed by atoms with E-state index in [1.165, 1.54) is 12.1 Å². The first kappa shape index (κ1) is 12.8. The number of aromatic amines is 1. The lowest BCUT2D eigenvalue weighted by atomic mass is 10.2. The van der Waals surface area contributed by atoms with Gasteiger partial charge in [0.05, 0.1) is 11.8 Å². The average molecular weight is 312 g/mol. The minimum atomic E-state index is -0.570. The summed E-state index contributed by atoms with van der Waals surface area (Å²) in [5.74, 6) is -0.587. The van der Waals surface area contributed by atoms with Crippen LogP contribution in [0.3, 0.4) is 0 Å². The average Bonchev–Trinajstić information content (AvgIpc) is 2.76. The van der Waals surface area contributed by atoms with Gasteiger partial charge in [-0.05, 0) is 34.5 Å².